The molecule has 2 N–H and O–H groups in total. The molecule has 0 aromatic heterocycles. The maximum atomic E-state index is 11.5. The van der Waals surface area contributed by atoms with Crippen LogP contribution in [0, 0.1) is 11.3 Å². The van der Waals surface area contributed by atoms with Gasteiger partial charge in [-0.2, -0.15) is 0 Å². The van der Waals surface area contributed by atoms with Crippen LogP contribution in [0.4, 0.5) is 0 Å². The summed E-state index contributed by atoms with van der Waals surface area (Å²) in [4.78, 5) is 11.5. The van der Waals surface area contributed by atoms with Gasteiger partial charge in [-0.1, -0.05) is 32.9 Å². The molecule has 1 aliphatic carbocycles. The van der Waals surface area contributed by atoms with Gasteiger partial charge in [0.15, 0.2) is 0 Å². The second-order valence-electron chi connectivity index (χ2n) is 5.68. The molecular weight excluding hydrogens is 585 g/mol. The molecule has 0 bridgehead atoms. The van der Waals surface area contributed by atoms with Crippen molar-refractivity contribution < 1.29 is 28.3 Å². The fourth-order valence-corrected chi connectivity index (χ4v) is 2.55. The third kappa shape index (κ3) is 6.03. The van der Waals surface area contributed by atoms with Crippen LogP contribution in [0.25, 0.3) is 0 Å². The van der Waals surface area contributed by atoms with E-state index >= 15 is 0 Å². The van der Waals surface area contributed by atoms with Gasteiger partial charge in [-0.15, -0.1) is 0 Å². The summed E-state index contributed by atoms with van der Waals surface area (Å²) in [7, 11) is 0. The van der Waals surface area contributed by atoms with Crippen LogP contribution in [-0.2, 0) is 4.79 Å². The molecule has 0 aromatic carbocycles. The van der Waals surface area contributed by atoms with E-state index in [0.717, 1.165) is 0 Å². The van der Waals surface area contributed by atoms with Gasteiger partial charge in [-0.3, -0.25) is 4.79 Å². The summed E-state index contributed by atoms with van der Waals surface area (Å²) in [5.74, 6) is 0.0892. The fourth-order valence-electron chi connectivity index (χ4n) is 2.55. The predicted molar refractivity (Wildman–Crippen MR) is 91.0 cm³/mol. The van der Waals surface area contributed by atoms with Gasteiger partial charge in [0, 0.05) is 18.3 Å². The van der Waals surface area contributed by atoms with Crippen LogP contribution in [0.2, 0.25) is 0 Å². The molecule has 0 saturated heterocycles. The fraction of sp³-hybridized carbons (Fsp3) is 0.769. The molecule has 1 rings (SSSR count). The van der Waals surface area contributed by atoms with Gasteiger partial charge < -0.3 is 10.2 Å². The van der Waals surface area contributed by atoms with Crippen LogP contribution in [0.3, 0.4) is 0 Å². The van der Waals surface area contributed by atoms with Crippen molar-refractivity contribution in [3.8, 4) is 0 Å². The quantitative estimate of drug-likeness (QED) is 0.355. The minimum atomic E-state index is -1.02. The van der Waals surface area contributed by atoms with Crippen LogP contribution in [-0.4, -0.2) is 27.7 Å². The summed E-state index contributed by atoms with van der Waals surface area (Å²) < 4.78 is 0. The molecule has 19 heavy (non-hydrogen) atoms. The van der Waals surface area contributed by atoms with E-state index in [1.807, 2.05) is 20.8 Å². The molecule has 6 heteroatoms. The van der Waals surface area contributed by atoms with Crippen molar-refractivity contribution in [3.63, 3.8) is 0 Å². The Bertz CT molecular complexity index is 329. The van der Waals surface area contributed by atoms with Gasteiger partial charge in [0.2, 0.25) is 0 Å². The van der Waals surface area contributed by atoms with E-state index in [-0.39, 0.29) is 11.7 Å². The van der Waals surface area contributed by atoms with Crippen molar-refractivity contribution in [2.24, 2.45) is 11.3 Å². The molecule has 3 atom stereocenters. The molecule has 0 radical (unpaired) electrons. The predicted octanol–water partition coefficient (Wildman–Crippen LogP) is 0.455. The Morgan fingerprint density at radius 3 is 2.32 bits per heavy atom. The summed E-state index contributed by atoms with van der Waals surface area (Å²) in [5.41, 5.74) is -1.50. The van der Waals surface area contributed by atoms with E-state index in [1.54, 1.807) is 19.1 Å². The Morgan fingerprint density at radius 2 is 1.95 bits per heavy atom. The number of hydrogen-bond acceptors (Lipinski definition) is 3. The number of ketones is 1. The first-order chi connectivity index (χ1) is 8.60. The molecule has 0 heterocycles. The van der Waals surface area contributed by atoms with E-state index in [0.29, 0.717) is 26.1 Å². The SMILES string of the molecule is CC(O)/C=C/[C@@]1(O)[C@H](C)CC(=O)CC1(C)C.I[I-]I. The van der Waals surface area contributed by atoms with E-state index in [9.17, 15) is 15.0 Å². The molecule has 1 saturated carbocycles. The molecule has 1 fully saturated rings. The Kier molecular flexibility index (Phi) is 9.55. The molecule has 1 aliphatic rings. The van der Waals surface area contributed by atoms with Crippen LogP contribution in [0.1, 0.15) is 40.5 Å². The number of aliphatic hydroxyl groups is 2. The first-order valence-corrected chi connectivity index (χ1v) is 18.7. The number of aliphatic hydroxyl groups excluding tert-OH is 1. The third-order valence-corrected chi connectivity index (χ3v) is 3.64. The maximum absolute atomic E-state index is 11.5. The van der Waals surface area contributed by atoms with Crippen molar-refractivity contribution in [2.45, 2.75) is 52.2 Å². The zero-order valence-corrected chi connectivity index (χ0v) is 18.1. The second-order valence-corrected chi connectivity index (χ2v) is 21.9. The summed E-state index contributed by atoms with van der Waals surface area (Å²) in [5, 5.41) is 19.9. The first kappa shape index (κ1) is 20.5. The van der Waals surface area contributed by atoms with Crippen molar-refractivity contribution >= 4 is 43.0 Å². The summed E-state index contributed by atoms with van der Waals surface area (Å²) in [6.45, 7) is 7.32. The van der Waals surface area contributed by atoms with E-state index < -0.39 is 17.1 Å². The zero-order chi connectivity index (χ0) is 15.3. The van der Waals surface area contributed by atoms with E-state index in [2.05, 4.69) is 37.2 Å². The summed E-state index contributed by atoms with van der Waals surface area (Å²) in [6.07, 6.45) is 3.47. The summed E-state index contributed by atoms with van der Waals surface area (Å²) >= 11 is 5.30. The monoisotopic (exact) mass is 607 g/mol. The minimum absolute atomic E-state index is 0.112. The van der Waals surface area contributed by atoms with E-state index in [4.69, 9.17) is 0 Å². The van der Waals surface area contributed by atoms with Crippen LogP contribution in [0.5, 0.6) is 0 Å². The molecule has 0 aliphatic heterocycles. The Balaban J connectivity index is 0.000000982. The number of carbonyl (C=O) groups is 1. The molecule has 0 aromatic rings. The number of carbonyl (C=O) groups excluding carboxylic acids is 1. The third-order valence-electron chi connectivity index (χ3n) is 3.64. The number of hydrogen-bond donors (Lipinski definition) is 2. The zero-order valence-electron chi connectivity index (χ0n) is 11.7. The Morgan fingerprint density at radius 1 is 1.47 bits per heavy atom. The van der Waals surface area contributed by atoms with Crippen molar-refractivity contribution in [3.05, 3.63) is 12.2 Å². The normalized spacial score (nSPS) is 32.0. The Hall–Kier alpha value is 1.52. The summed E-state index contributed by atoms with van der Waals surface area (Å²) in [6, 6.07) is 0. The van der Waals surface area contributed by atoms with Crippen molar-refractivity contribution in [1.29, 1.82) is 0 Å². The Labute approximate surface area is 145 Å². The number of rotatable bonds is 2. The molecule has 114 valence electrons. The van der Waals surface area contributed by atoms with Gasteiger partial charge in [-0.05, 0) is 12.8 Å². The van der Waals surface area contributed by atoms with Gasteiger partial charge in [-0.25, -0.2) is 0 Å². The average molecular weight is 607 g/mol. The topological polar surface area (TPSA) is 57.5 Å². The average Bonchev–Trinajstić information content (AvgIpc) is 2.23. The van der Waals surface area contributed by atoms with Crippen LogP contribution < -0.4 is 13.3 Å². The van der Waals surface area contributed by atoms with Gasteiger partial charge in [0.25, 0.3) is 0 Å². The standard InChI is InChI=1S/C13H22O3.I3/c1-9-7-11(15)8-12(3,4)13(9,16)6-5-10(2)14;1-3-2/h5-6,9-10,14,16H,7-8H2,1-4H3;/q;-1/b6-5+;/t9-,10?,13-;/m1./s1. The van der Waals surface area contributed by atoms with Gasteiger partial charge >= 0.3 is 50.5 Å². The molecule has 0 spiro atoms. The first-order valence-electron chi connectivity index (χ1n) is 6.09. The van der Waals surface area contributed by atoms with Gasteiger partial charge in [0.1, 0.15) is 5.78 Å². The number of Topliss-reactive ketones (excluding diaryl/α,β-unsaturated/α-hetero) is 1. The van der Waals surface area contributed by atoms with Gasteiger partial charge in [0.05, 0.1) is 11.7 Å². The van der Waals surface area contributed by atoms with E-state index in [1.165, 1.54) is 0 Å². The number of halogens is 3. The second kappa shape index (κ2) is 8.84. The molecule has 1 unspecified atom stereocenters. The molecule has 0 amide bonds. The van der Waals surface area contributed by atoms with Crippen molar-refractivity contribution in [1.82, 2.24) is 0 Å². The van der Waals surface area contributed by atoms with Crippen LogP contribution in [0.15, 0.2) is 12.2 Å². The van der Waals surface area contributed by atoms with Crippen LogP contribution >= 0.6 is 37.2 Å². The molecular formula is C13H22I3O3-. The molecule has 3 nitrogen and oxygen atoms in total. The van der Waals surface area contributed by atoms with Crippen molar-refractivity contribution in [2.75, 3.05) is 0 Å².